The molecule has 0 aromatic heterocycles. The highest BCUT2D eigenvalue weighted by Gasteiger charge is 2.46. The number of hydrogen-bond donors (Lipinski definition) is 3. The van der Waals surface area contributed by atoms with Crippen molar-refractivity contribution in [2.75, 3.05) is 24.6 Å². The Morgan fingerprint density at radius 1 is 1.20 bits per heavy atom. The molecular formula is C15H23N3O2. The number of benzene rings is 1. The van der Waals surface area contributed by atoms with Crippen molar-refractivity contribution >= 4 is 11.4 Å². The molecule has 0 saturated carbocycles. The van der Waals surface area contributed by atoms with E-state index in [9.17, 15) is 5.11 Å². The van der Waals surface area contributed by atoms with E-state index in [1.165, 1.54) is 12.8 Å². The molecule has 3 rings (SSSR count). The van der Waals surface area contributed by atoms with Gasteiger partial charge in [0.1, 0.15) is 17.5 Å². The maximum atomic E-state index is 10.7. The molecule has 5 heteroatoms. The molecule has 20 heavy (non-hydrogen) atoms. The third-order valence-electron chi connectivity index (χ3n) is 4.45. The number of hydrogen-bond acceptors (Lipinski definition) is 5. The second-order valence-electron chi connectivity index (χ2n) is 6.36. The average molecular weight is 277 g/mol. The van der Waals surface area contributed by atoms with Gasteiger partial charge in [0, 0.05) is 11.6 Å². The lowest BCUT2D eigenvalue weighted by Gasteiger charge is -2.45. The summed E-state index contributed by atoms with van der Waals surface area (Å²) < 4.78 is 5.94. The molecule has 2 aliphatic rings. The zero-order chi connectivity index (χ0) is 14.5. The number of aliphatic hydroxyl groups is 1. The minimum atomic E-state index is -0.636. The van der Waals surface area contributed by atoms with Crippen LogP contribution in [0.4, 0.5) is 11.4 Å². The summed E-state index contributed by atoms with van der Waals surface area (Å²) in [4.78, 5) is 2.32. The maximum absolute atomic E-state index is 10.7. The fourth-order valence-corrected chi connectivity index (χ4v) is 3.26. The van der Waals surface area contributed by atoms with Gasteiger partial charge in [-0.05, 0) is 45.8 Å². The van der Waals surface area contributed by atoms with E-state index in [1.807, 2.05) is 19.9 Å². The van der Waals surface area contributed by atoms with Gasteiger partial charge in [-0.2, -0.15) is 0 Å². The van der Waals surface area contributed by atoms with Gasteiger partial charge in [0.25, 0.3) is 0 Å². The summed E-state index contributed by atoms with van der Waals surface area (Å²) in [5.41, 5.74) is 13.2. The third-order valence-corrected chi connectivity index (χ3v) is 4.45. The molecule has 0 spiro atoms. The Bertz CT molecular complexity index is 524. The van der Waals surface area contributed by atoms with E-state index in [-0.39, 0.29) is 6.04 Å². The number of nitrogens with zero attached hydrogens (tertiary/aromatic N) is 1. The molecule has 0 bridgehead atoms. The van der Waals surface area contributed by atoms with Crippen molar-refractivity contribution < 1.29 is 9.84 Å². The SMILES string of the molecule is CC1(C)Oc2cc(N)c(N)cc2C(N2CCCC2)C1O. The number of likely N-dealkylation sites (tertiary alicyclic amines) is 1. The third kappa shape index (κ3) is 2.01. The highest BCUT2D eigenvalue weighted by Crippen LogP contribution is 2.45. The second-order valence-corrected chi connectivity index (χ2v) is 6.36. The predicted molar refractivity (Wildman–Crippen MR) is 79.5 cm³/mol. The molecule has 2 aliphatic heterocycles. The second kappa shape index (κ2) is 4.53. The Kier molecular flexibility index (Phi) is 3.06. The van der Waals surface area contributed by atoms with Crippen molar-refractivity contribution in [3.05, 3.63) is 17.7 Å². The van der Waals surface area contributed by atoms with Crippen molar-refractivity contribution in [1.82, 2.24) is 4.90 Å². The standard InChI is InChI=1S/C15H23N3O2/c1-15(2)14(19)13(18-5-3-4-6-18)9-7-10(16)11(17)8-12(9)20-15/h7-8,13-14,19H,3-6,16-17H2,1-2H3. The van der Waals surface area contributed by atoms with Crippen LogP contribution in [-0.4, -0.2) is 34.8 Å². The Labute approximate surface area is 119 Å². The molecule has 0 amide bonds. The van der Waals surface area contributed by atoms with Crippen LogP contribution in [0.25, 0.3) is 0 Å². The lowest BCUT2D eigenvalue weighted by molar-refractivity contribution is -0.0894. The monoisotopic (exact) mass is 277 g/mol. The molecule has 110 valence electrons. The van der Waals surface area contributed by atoms with E-state index < -0.39 is 11.7 Å². The first-order chi connectivity index (χ1) is 9.40. The fraction of sp³-hybridized carbons (Fsp3) is 0.600. The first-order valence-electron chi connectivity index (χ1n) is 7.20. The van der Waals surface area contributed by atoms with Crippen molar-refractivity contribution in [3.8, 4) is 5.75 Å². The Morgan fingerprint density at radius 3 is 2.45 bits per heavy atom. The molecule has 1 aromatic carbocycles. The van der Waals surface area contributed by atoms with E-state index >= 15 is 0 Å². The van der Waals surface area contributed by atoms with Crippen LogP contribution < -0.4 is 16.2 Å². The summed E-state index contributed by atoms with van der Waals surface area (Å²) in [6.07, 6.45) is 1.75. The molecule has 2 heterocycles. The topological polar surface area (TPSA) is 84.7 Å². The van der Waals surface area contributed by atoms with Gasteiger partial charge in [0.15, 0.2) is 0 Å². The lowest BCUT2D eigenvalue weighted by atomic mass is 9.85. The van der Waals surface area contributed by atoms with Crippen molar-refractivity contribution in [2.24, 2.45) is 0 Å². The molecule has 5 nitrogen and oxygen atoms in total. The summed E-state index contributed by atoms with van der Waals surface area (Å²) in [6, 6.07) is 3.56. The van der Waals surface area contributed by atoms with Crippen molar-refractivity contribution in [1.29, 1.82) is 0 Å². The molecular weight excluding hydrogens is 254 g/mol. The number of ether oxygens (including phenoxy) is 1. The molecule has 0 aliphatic carbocycles. The van der Waals surface area contributed by atoms with Crippen LogP contribution in [0, 0.1) is 0 Å². The zero-order valence-electron chi connectivity index (χ0n) is 12.1. The van der Waals surface area contributed by atoms with Gasteiger partial charge >= 0.3 is 0 Å². The van der Waals surface area contributed by atoms with E-state index in [4.69, 9.17) is 16.2 Å². The van der Waals surface area contributed by atoms with Gasteiger partial charge < -0.3 is 21.3 Å². The number of nitrogen functional groups attached to an aromatic ring is 2. The van der Waals surface area contributed by atoms with Gasteiger partial charge in [-0.3, -0.25) is 4.90 Å². The average Bonchev–Trinajstić information content (AvgIpc) is 2.87. The Morgan fingerprint density at radius 2 is 1.80 bits per heavy atom. The first kappa shape index (κ1) is 13.5. The number of fused-ring (bicyclic) bond motifs is 1. The van der Waals surface area contributed by atoms with Gasteiger partial charge in [0.2, 0.25) is 0 Å². The van der Waals surface area contributed by atoms with Crippen LogP contribution in [0.2, 0.25) is 0 Å². The summed E-state index contributed by atoms with van der Waals surface area (Å²) >= 11 is 0. The normalized spacial score (nSPS) is 28.9. The van der Waals surface area contributed by atoms with Gasteiger partial charge in [0.05, 0.1) is 17.4 Å². The molecule has 1 saturated heterocycles. The number of anilines is 2. The van der Waals surface area contributed by atoms with Gasteiger partial charge in [-0.1, -0.05) is 0 Å². The highest BCUT2D eigenvalue weighted by molar-refractivity contribution is 5.68. The number of nitrogens with two attached hydrogens (primary N) is 2. The van der Waals surface area contributed by atoms with Crippen LogP contribution in [0.5, 0.6) is 5.75 Å². The largest absolute Gasteiger partial charge is 0.485 e. The van der Waals surface area contributed by atoms with Crippen LogP contribution >= 0.6 is 0 Å². The minimum Gasteiger partial charge on any atom is -0.485 e. The smallest absolute Gasteiger partial charge is 0.131 e. The van der Waals surface area contributed by atoms with Gasteiger partial charge in [-0.25, -0.2) is 0 Å². The zero-order valence-corrected chi connectivity index (χ0v) is 12.1. The van der Waals surface area contributed by atoms with Crippen molar-refractivity contribution in [3.63, 3.8) is 0 Å². The van der Waals surface area contributed by atoms with Crippen LogP contribution in [0.15, 0.2) is 12.1 Å². The number of rotatable bonds is 1. The Balaban J connectivity index is 2.10. The molecule has 5 N–H and O–H groups in total. The summed E-state index contributed by atoms with van der Waals surface area (Å²) in [5, 5.41) is 10.7. The highest BCUT2D eigenvalue weighted by atomic mass is 16.5. The molecule has 2 atom stereocenters. The van der Waals surface area contributed by atoms with E-state index in [2.05, 4.69) is 4.90 Å². The maximum Gasteiger partial charge on any atom is 0.131 e. The van der Waals surface area contributed by atoms with Crippen molar-refractivity contribution in [2.45, 2.75) is 44.4 Å². The summed E-state index contributed by atoms with van der Waals surface area (Å²) in [7, 11) is 0. The minimum absolute atomic E-state index is 0.0702. The van der Waals surface area contributed by atoms with E-state index in [0.29, 0.717) is 11.4 Å². The van der Waals surface area contributed by atoms with Crippen LogP contribution in [0.1, 0.15) is 38.3 Å². The predicted octanol–water partition coefficient (Wildman–Crippen LogP) is 1.52. The molecule has 2 unspecified atom stereocenters. The van der Waals surface area contributed by atoms with Crippen LogP contribution in [0.3, 0.4) is 0 Å². The quantitative estimate of drug-likeness (QED) is 0.678. The lowest BCUT2D eigenvalue weighted by Crippen LogP contribution is -2.53. The van der Waals surface area contributed by atoms with Gasteiger partial charge in [-0.15, -0.1) is 0 Å². The first-order valence-corrected chi connectivity index (χ1v) is 7.20. The summed E-state index contributed by atoms with van der Waals surface area (Å²) in [6.45, 7) is 5.83. The van der Waals surface area contributed by atoms with E-state index in [1.54, 1.807) is 6.07 Å². The summed E-state index contributed by atoms with van der Waals surface area (Å²) in [5.74, 6) is 0.740. The molecule has 0 radical (unpaired) electrons. The van der Waals surface area contributed by atoms with Crippen LogP contribution in [-0.2, 0) is 0 Å². The molecule has 1 fully saturated rings. The molecule has 1 aromatic rings. The fourth-order valence-electron chi connectivity index (χ4n) is 3.26. The Hall–Kier alpha value is -1.46. The number of aliphatic hydroxyl groups excluding tert-OH is 1. The van der Waals surface area contributed by atoms with E-state index in [0.717, 1.165) is 24.4 Å².